The molecule has 0 radical (unpaired) electrons. The van der Waals surface area contributed by atoms with Crippen molar-refractivity contribution in [3.8, 4) is 28.1 Å². The maximum atomic E-state index is 6.13. The van der Waals surface area contributed by atoms with Gasteiger partial charge in [0.05, 0.1) is 25.8 Å². The maximum Gasteiger partial charge on any atom is 0.294 e. The van der Waals surface area contributed by atoms with Gasteiger partial charge in [0.15, 0.2) is 5.76 Å². The first kappa shape index (κ1) is 18.5. The number of fused-ring (bicyclic) bond motifs is 2. The Hall–Kier alpha value is -3.52. The first-order chi connectivity index (χ1) is 14.6. The molecule has 0 saturated carbocycles. The molecule has 5 rings (SSSR count). The van der Waals surface area contributed by atoms with Crippen LogP contribution in [0.25, 0.3) is 27.4 Å². The number of ether oxygens (including phenoxy) is 3. The molecule has 0 aliphatic heterocycles. The summed E-state index contributed by atoms with van der Waals surface area (Å²) in [6, 6.07) is 13.9. The van der Waals surface area contributed by atoms with Crippen molar-refractivity contribution in [1.29, 1.82) is 0 Å². The number of aryl methyl sites for hydroxylation is 1. The fraction of sp³-hybridized carbons (Fsp3) is 0.182. The SMILES string of the molecule is COc1cc(OCc2cccc(C)c2)c2cc(-c3cn4nc(OC)sc4n3)oc2c1. The van der Waals surface area contributed by atoms with Crippen LogP contribution in [-0.2, 0) is 6.61 Å². The lowest BCUT2D eigenvalue weighted by molar-refractivity contribution is 0.307. The normalized spacial score (nSPS) is 11.3. The molecule has 0 saturated heterocycles. The van der Waals surface area contributed by atoms with Crippen LogP contribution in [0.2, 0.25) is 0 Å². The third kappa shape index (κ3) is 3.35. The number of nitrogens with zero attached hydrogens (tertiary/aromatic N) is 3. The van der Waals surface area contributed by atoms with Gasteiger partial charge < -0.3 is 18.6 Å². The van der Waals surface area contributed by atoms with Crippen molar-refractivity contribution in [2.24, 2.45) is 0 Å². The molecule has 8 heteroatoms. The molecule has 3 aromatic heterocycles. The van der Waals surface area contributed by atoms with Gasteiger partial charge in [-0.2, -0.15) is 0 Å². The molecular formula is C22H19N3O4S. The van der Waals surface area contributed by atoms with Gasteiger partial charge in [-0.05, 0) is 29.9 Å². The fourth-order valence-electron chi connectivity index (χ4n) is 3.29. The second-order valence-corrected chi connectivity index (χ2v) is 7.77. The summed E-state index contributed by atoms with van der Waals surface area (Å²) in [5.41, 5.74) is 3.66. The van der Waals surface area contributed by atoms with Crippen LogP contribution in [0.1, 0.15) is 11.1 Å². The molecule has 30 heavy (non-hydrogen) atoms. The minimum atomic E-state index is 0.453. The van der Waals surface area contributed by atoms with Crippen molar-refractivity contribution in [3.63, 3.8) is 0 Å². The minimum Gasteiger partial charge on any atom is -0.496 e. The van der Waals surface area contributed by atoms with Crippen LogP contribution in [0, 0.1) is 6.92 Å². The molecule has 0 fully saturated rings. The lowest BCUT2D eigenvalue weighted by atomic mass is 10.1. The van der Waals surface area contributed by atoms with Gasteiger partial charge in [0.2, 0.25) is 4.96 Å². The maximum absolute atomic E-state index is 6.13. The Morgan fingerprint density at radius 2 is 2.00 bits per heavy atom. The number of hydrogen-bond acceptors (Lipinski definition) is 7. The van der Waals surface area contributed by atoms with Crippen LogP contribution in [-0.4, -0.2) is 28.8 Å². The summed E-state index contributed by atoms with van der Waals surface area (Å²) in [6.45, 7) is 2.52. The zero-order chi connectivity index (χ0) is 20.7. The number of aromatic nitrogens is 3. The van der Waals surface area contributed by atoms with E-state index in [2.05, 4.69) is 29.1 Å². The van der Waals surface area contributed by atoms with Crippen LogP contribution in [0.5, 0.6) is 16.7 Å². The molecule has 5 aromatic rings. The van der Waals surface area contributed by atoms with Crippen LogP contribution < -0.4 is 14.2 Å². The van der Waals surface area contributed by atoms with E-state index in [1.807, 2.05) is 36.5 Å². The lowest BCUT2D eigenvalue weighted by Crippen LogP contribution is -1.96. The molecular weight excluding hydrogens is 402 g/mol. The molecule has 0 aliphatic carbocycles. The van der Waals surface area contributed by atoms with Crippen LogP contribution in [0.3, 0.4) is 0 Å². The highest BCUT2D eigenvalue weighted by Crippen LogP contribution is 2.37. The number of furan rings is 1. The van der Waals surface area contributed by atoms with Gasteiger partial charge in [0.25, 0.3) is 5.19 Å². The second kappa shape index (κ2) is 7.38. The summed E-state index contributed by atoms with van der Waals surface area (Å²) in [5.74, 6) is 2.00. The number of methoxy groups -OCH3 is 2. The Labute approximate surface area is 176 Å². The van der Waals surface area contributed by atoms with Crippen molar-refractivity contribution in [1.82, 2.24) is 14.6 Å². The van der Waals surface area contributed by atoms with E-state index in [9.17, 15) is 0 Å². The highest BCUT2D eigenvalue weighted by molar-refractivity contribution is 7.18. The van der Waals surface area contributed by atoms with Crippen LogP contribution in [0.4, 0.5) is 0 Å². The lowest BCUT2D eigenvalue weighted by Gasteiger charge is -2.09. The average molecular weight is 421 g/mol. The van der Waals surface area contributed by atoms with E-state index >= 15 is 0 Å². The van der Waals surface area contributed by atoms with Crippen molar-refractivity contribution < 1.29 is 18.6 Å². The Bertz CT molecular complexity index is 1320. The highest BCUT2D eigenvalue weighted by Gasteiger charge is 2.17. The van der Waals surface area contributed by atoms with E-state index in [0.717, 1.165) is 15.9 Å². The largest absolute Gasteiger partial charge is 0.496 e. The Morgan fingerprint density at radius 1 is 1.10 bits per heavy atom. The summed E-state index contributed by atoms with van der Waals surface area (Å²) < 4.78 is 24.5. The second-order valence-electron chi connectivity index (χ2n) is 6.85. The molecule has 0 spiro atoms. The topological polar surface area (TPSA) is 71.0 Å². The predicted molar refractivity (Wildman–Crippen MR) is 115 cm³/mol. The zero-order valence-electron chi connectivity index (χ0n) is 16.7. The van der Waals surface area contributed by atoms with Crippen molar-refractivity contribution in [3.05, 3.63) is 59.8 Å². The average Bonchev–Trinajstić information content (AvgIpc) is 3.44. The molecule has 0 aliphatic rings. The zero-order valence-corrected chi connectivity index (χ0v) is 17.5. The Kier molecular flexibility index (Phi) is 4.55. The van der Waals surface area contributed by atoms with Crippen molar-refractivity contribution in [2.75, 3.05) is 14.2 Å². The summed E-state index contributed by atoms with van der Waals surface area (Å²) in [5, 5.41) is 5.73. The minimum absolute atomic E-state index is 0.453. The van der Waals surface area contributed by atoms with E-state index in [1.165, 1.54) is 16.9 Å². The fourth-order valence-corrected chi connectivity index (χ4v) is 3.99. The smallest absolute Gasteiger partial charge is 0.294 e. The molecule has 2 aromatic carbocycles. The van der Waals surface area contributed by atoms with E-state index in [1.54, 1.807) is 18.7 Å². The third-order valence-electron chi connectivity index (χ3n) is 4.74. The quantitative estimate of drug-likeness (QED) is 0.379. The summed E-state index contributed by atoms with van der Waals surface area (Å²) in [6.07, 6.45) is 1.82. The summed E-state index contributed by atoms with van der Waals surface area (Å²) in [7, 11) is 3.21. The third-order valence-corrected chi connectivity index (χ3v) is 5.62. The van der Waals surface area contributed by atoms with E-state index in [4.69, 9.17) is 18.6 Å². The van der Waals surface area contributed by atoms with Crippen molar-refractivity contribution in [2.45, 2.75) is 13.5 Å². The number of imidazole rings is 1. The van der Waals surface area contributed by atoms with Gasteiger partial charge in [0, 0.05) is 12.1 Å². The molecule has 0 amide bonds. The summed E-state index contributed by atoms with van der Waals surface area (Å²) in [4.78, 5) is 5.33. The number of rotatable bonds is 6. The molecule has 7 nitrogen and oxygen atoms in total. The van der Waals surface area contributed by atoms with Crippen molar-refractivity contribution >= 4 is 27.3 Å². The van der Waals surface area contributed by atoms with E-state index < -0.39 is 0 Å². The predicted octanol–water partition coefficient (Wildman–Crippen LogP) is 5.11. The van der Waals surface area contributed by atoms with Crippen LogP contribution >= 0.6 is 11.3 Å². The van der Waals surface area contributed by atoms with Gasteiger partial charge >= 0.3 is 0 Å². The summed E-state index contributed by atoms with van der Waals surface area (Å²) >= 11 is 1.37. The van der Waals surface area contributed by atoms with Gasteiger partial charge in [0.1, 0.15) is 29.4 Å². The van der Waals surface area contributed by atoms with Crippen LogP contribution in [0.15, 0.2) is 53.1 Å². The number of benzene rings is 2. The van der Waals surface area contributed by atoms with Gasteiger partial charge in [-0.1, -0.05) is 29.8 Å². The molecule has 3 heterocycles. The van der Waals surface area contributed by atoms with E-state index in [0.29, 0.717) is 40.3 Å². The highest BCUT2D eigenvalue weighted by atomic mass is 32.1. The van der Waals surface area contributed by atoms with Gasteiger partial charge in [-0.15, -0.1) is 5.10 Å². The molecule has 0 bridgehead atoms. The number of hydrogen-bond donors (Lipinski definition) is 0. The standard InChI is InChI=1S/C22H19N3O4S/c1-13-5-4-6-14(7-13)12-28-18-8-15(26-2)9-19-16(18)10-20(29-19)17-11-25-21(23-17)30-22(24-25)27-3/h4-11H,12H2,1-3H3. The van der Waals surface area contributed by atoms with Gasteiger partial charge in [-0.3, -0.25) is 0 Å². The molecule has 0 atom stereocenters. The molecule has 0 unspecified atom stereocenters. The molecule has 152 valence electrons. The first-order valence-electron chi connectivity index (χ1n) is 9.33. The Balaban J connectivity index is 1.51. The van der Waals surface area contributed by atoms with Gasteiger partial charge in [-0.25, -0.2) is 9.50 Å². The first-order valence-corrected chi connectivity index (χ1v) is 10.1. The Morgan fingerprint density at radius 3 is 2.77 bits per heavy atom. The monoisotopic (exact) mass is 421 g/mol. The molecule has 0 N–H and O–H groups in total. The van der Waals surface area contributed by atoms with E-state index in [-0.39, 0.29) is 0 Å².